The summed E-state index contributed by atoms with van der Waals surface area (Å²) in [5.74, 6) is -1.54. The Hall–Kier alpha value is -3.23. The van der Waals surface area contributed by atoms with Crippen LogP contribution in [0.15, 0.2) is 53.3 Å². The molecule has 4 rings (SSSR count). The van der Waals surface area contributed by atoms with Gasteiger partial charge in [0, 0.05) is 18.0 Å². The van der Waals surface area contributed by atoms with Crippen LogP contribution in [0.4, 0.5) is 13.2 Å². The summed E-state index contributed by atoms with van der Waals surface area (Å²) in [7, 11) is 0. The lowest BCUT2D eigenvalue weighted by Gasteiger charge is -1.98. The van der Waals surface area contributed by atoms with E-state index < -0.39 is 12.1 Å². The molecule has 6 nitrogen and oxygen atoms in total. The molecule has 4 aromatic rings. The van der Waals surface area contributed by atoms with Crippen LogP contribution in [-0.4, -0.2) is 24.7 Å². The van der Waals surface area contributed by atoms with Gasteiger partial charge >= 0.3 is 12.1 Å². The number of aromatic nitrogens is 5. The van der Waals surface area contributed by atoms with Gasteiger partial charge in [-0.3, -0.25) is 4.98 Å². The van der Waals surface area contributed by atoms with Crippen LogP contribution in [0.3, 0.4) is 0 Å². The Morgan fingerprint density at radius 3 is 2.67 bits per heavy atom. The zero-order valence-corrected chi connectivity index (χ0v) is 11.9. The Morgan fingerprint density at radius 1 is 1.04 bits per heavy atom. The van der Waals surface area contributed by atoms with Gasteiger partial charge in [0.15, 0.2) is 0 Å². The highest BCUT2D eigenvalue weighted by Crippen LogP contribution is 2.30. The smallest absolute Gasteiger partial charge is 0.329 e. The average molecular weight is 331 g/mol. The number of hydrogen-bond donors (Lipinski definition) is 0. The number of alkyl halides is 3. The van der Waals surface area contributed by atoms with Crippen molar-refractivity contribution in [2.45, 2.75) is 6.18 Å². The van der Waals surface area contributed by atoms with E-state index in [1.54, 1.807) is 16.8 Å². The Labute approximate surface area is 132 Å². The molecule has 4 aromatic heterocycles. The molecule has 0 atom stereocenters. The molecule has 24 heavy (non-hydrogen) atoms. The molecule has 0 radical (unpaired) electrons. The molecule has 9 heteroatoms. The van der Waals surface area contributed by atoms with Crippen molar-refractivity contribution < 1.29 is 17.7 Å². The molecule has 0 aliphatic carbocycles. The van der Waals surface area contributed by atoms with Gasteiger partial charge in [-0.1, -0.05) is 11.2 Å². The number of rotatable bonds is 2. The topological polar surface area (TPSA) is 69.1 Å². The van der Waals surface area contributed by atoms with Crippen molar-refractivity contribution in [1.29, 1.82) is 0 Å². The molecule has 0 fully saturated rings. The molecule has 0 saturated carbocycles. The highest BCUT2D eigenvalue weighted by atomic mass is 19.4. The largest absolute Gasteiger partial charge is 0.471 e. The summed E-state index contributed by atoms with van der Waals surface area (Å²) in [6.45, 7) is 0. The highest BCUT2D eigenvalue weighted by Gasteiger charge is 2.38. The highest BCUT2D eigenvalue weighted by molar-refractivity contribution is 5.67. The molecule has 0 aliphatic rings. The fourth-order valence-corrected chi connectivity index (χ4v) is 2.23. The number of pyridine rings is 2. The summed E-state index contributed by atoms with van der Waals surface area (Å²) in [5, 5.41) is 7.74. The minimum Gasteiger partial charge on any atom is -0.329 e. The van der Waals surface area contributed by atoms with Crippen LogP contribution >= 0.6 is 0 Å². The van der Waals surface area contributed by atoms with E-state index in [-0.39, 0.29) is 5.82 Å². The third-order valence-corrected chi connectivity index (χ3v) is 3.32. The Morgan fingerprint density at radius 2 is 1.92 bits per heavy atom. The third-order valence-electron chi connectivity index (χ3n) is 3.32. The van der Waals surface area contributed by atoms with Gasteiger partial charge in [0.2, 0.25) is 5.82 Å². The Bertz CT molecular complexity index is 988. The molecule has 0 unspecified atom stereocenters. The minimum absolute atomic E-state index is 0.158. The molecular formula is C15H8F3N5O. The fraction of sp³-hybridized carbons (Fsp3) is 0.0667. The summed E-state index contributed by atoms with van der Waals surface area (Å²) >= 11 is 0. The van der Waals surface area contributed by atoms with Crippen LogP contribution in [0.2, 0.25) is 0 Å². The van der Waals surface area contributed by atoms with Crippen molar-refractivity contribution in [1.82, 2.24) is 24.7 Å². The van der Waals surface area contributed by atoms with Crippen molar-refractivity contribution in [3.05, 3.63) is 54.7 Å². The van der Waals surface area contributed by atoms with Gasteiger partial charge in [-0.05, 0) is 30.3 Å². The van der Waals surface area contributed by atoms with Crippen molar-refractivity contribution in [2.24, 2.45) is 0 Å². The Balaban J connectivity index is 1.74. The van der Waals surface area contributed by atoms with Crippen LogP contribution in [0.1, 0.15) is 5.89 Å². The van der Waals surface area contributed by atoms with E-state index in [2.05, 4.69) is 24.7 Å². The summed E-state index contributed by atoms with van der Waals surface area (Å²) in [4.78, 5) is 7.57. The molecular weight excluding hydrogens is 323 g/mol. The van der Waals surface area contributed by atoms with Crippen molar-refractivity contribution in [3.63, 3.8) is 0 Å². The molecule has 0 spiro atoms. The van der Waals surface area contributed by atoms with E-state index in [1.807, 2.05) is 24.3 Å². The predicted octanol–water partition coefficient (Wildman–Crippen LogP) is 3.47. The second-order valence-corrected chi connectivity index (χ2v) is 4.95. The van der Waals surface area contributed by atoms with Gasteiger partial charge < -0.3 is 4.52 Å². The first kappa shape index (κ1) is 14.4. The van der Waals surface area contributed by atoms with E-state index in [0.717, 1.165) is 5.52 Å². The zero-order valence-electron chi connectivity index (χ0n) is 11.9. The maximum atomic E-state index is 12.6. The van der Waals surface area contributed by atoms with E-state index in [0.29, 0.717) is 17.0 Å². The van der Waals surface area contributed by atoms with Gasteiger partial charge in [-0.2, -0.15) is 23.3 Å². The number of halogens is 3. The summed E-state index contributed by atoms with van der Waals surface area (Å²) < 4.78 is 43.6. The summed E-state index contributed by atoms with van der Waals surface area (Å²) in [6.07, 6.45) is -1.43. The van der Waals surface area contributed by atoms with Gasteiger partial charge in [0.1, 0.15) is 5.69 Å². The van der Waals surface area contributed by atoms with Gasteiger partial charge in [0.25, 0.3) is 0 Å². The maximum Gasteiger partial charge on any atom is 0.471 e. The van der Waals surface area contributed by atoms with Crippen LogP contribution in [-0.2, 0) is 6.18 Å². The predicted molar refractivity (Wildman–Crippen MR) is 76.7 cm³/mol. The van der Waals surface area contributed by atoms with Crippen molar-refractivity contribution in [2.75, 3.05) is 0 Å². The second-order valence-electron chi connectivity index (χ2n) is 4.95. The SMILES string of the molecule is FC(F)(F)c1nc(-c2ccnc(-c3cc4ccccn4n3)c2)no1. The monoisotopic (exact) mass is 331 g/mol. The molecule has 0 aliphatic heterocycles. The lowest BCUT2D eigenvalue weighted by atomic mass is 10.2. The zero-order chi connectivity index (χ0) is 16.7. The average Bonchev–Trinajstić information content (AvgIpc) is 3.21. The summed E-state index contributed by atoms with van der Waals surface area (Å²) in [6, 6.07) is 10.5. The molecule has 0 saturated heterocycles. The lowest BCUT2D eigenvalue weighted by molar-refractivity contribution is -0.159. The minimum atomic E-state index is -4.68. The first-order valence-corrected chi connectivity index (χ1v) is 6.83. The number of nitrogens with zero attached hydrogens (tertiary/aromatic N) is 5. The normalized spacial score (nSPS) is 12.0. The first-order chi connectivity index (χ1) is 11.5. The molecule has 0 amide bonds. The maximum absolute atomic E-state index is 12.6. The molecule has 4 heterocycles. The molecule has 0 N–H and O–H groups in total. The van der Waals surface area contributed by atoms with Gasteiger partial charge in [-0.25, -0.2) is 4.52 Å². The lowest BCUT2D eigenvalue weighted by Crippen LogP contribution is -2.04. The number of hydrogen-bond acceptors (Lipinski definition) is 5. The molecule has 0 aromatic carbocycles. The van der Waals surface area contributed by atoms with E-state index in [4.69, 9.17) is 0 Å². The summed E-state index contributed by atoms with van der Waals surface area (Å²) in [5.41, 5.74) is 2.31. The Kier molecular flexibility index (Phi) is 3.08. The van der Waals surface area contributed by atoms with Crippen LogP contribution < -0.4 is 0 Å². The van der Waals surface area contributed by atoms with Crippen LogP contribution in [0.5, 0.6) is 0 Å². The third kappa shape index (κ3) is 2.49. The van der Waals surface area contributed by atoms with E-state index >= 15 is 0 Å². The standard InChI is InChI=1S/C15H8F3N5O/c16-15(17,18)14-20-13(22-24-14)9-4-5-19-11(7-9)12-8-10-3-1-2-6-23(10)21-12/h1-8H. The fourth-order valence-electron chi connectivity index (χ4n) is 2.23. The van der Waals surface area contributed by atoms with Gasteiger partial charge in [0.05, 0.1) is 11.2 Å². The van der Waals surface area contributed by atoms with Crippen molar-refractivity contribution in [3.8, 4) is 22.8 Å². The van der Waals surface area contributed by atoms with Crippen LogP contribution in [0, 0.1) is 0 Å². The van der Waals surface area contributed by atoms with Crippen LogP contribution in [0.25, 0.3) is 28.3 Å². The van der Waals surface area contributed by atoms with Crippen molar-refractivity contribution >= 4 is 5.52 Å². The second kappa shape index (κ2) is 5.15. The van der Waals surface area contributed by atoms with Gasteiger partial charge in [-0.15, -0.1) is 0 Å². The quantitative estimate of drug-likeness (QED) is 0.562. The van der Waals surface area contributed by atoms with E-state index in [1.165, 1.54) is 12.3 Å². The van der Waals surface area contributed by atoms with E-state index in [9.17, 15) is 13.2 Å². The molecule has 120 valence electrons. The molecule has 0 bridgehead atoms. The number of fused-ring (bicyclic) bond motifs is 1. The first-order valence-electron chi connectivity index (χ1n) is 6.83.